The molecule has 24 heavy (non-hydrogen) atoms. The number of carbonyl (C=O) groups excluding carboxylic acids is 2. The number of rotatable bonds is 7. The zero-order chi connectivity index (χ0) is 17.7. The Morgan fingerprint density at radius 1 is 1.42 bits per heavy atom. The van der Waals surface area contributed by atoms with Crippen molar-refractivity contribution in [2.75, 3.05) is 17.7 Å². The molecule has 0 unspecified atom stereocenters. The van der Waals surface area contributed by atoms with Gasteiger partial charge in [0.1, 0.15) is 6.04 Å². The van der Waals surface area contributed by atoms with Crippen molar-refractivity contribution in [3.8, 4) is 0 Å². The monoisotopic (exact) mass is 445 g/mol. The number of unbranched alkanes of at least 4 members (excludes halogenated alkanes) is 1. The van der Waals surface area contributed by atoms with Crippen molar-refractivity contribution in [2.24, 2.45) is 5.41 Å². The Kier molecular flexibility index (Phi) is 6.31. The molecule has 0 aliphatic heterocycles. The van der Waals surface area contributed by atoms with Crippen molar-refractivity contribution in [3.05, 3.63) is 21.8 Å². The van der Waals surface area contributed by atoms with Crippen molar-refractivity contribution < 1.29 is 14.3 Å². The highest BCUT2D eigenvalue weighted by Crippen LogP contribution is 2.48. The van der Waals surface area contributed by atoms with Crippen LogP contribution >= 0.6 is 22.6 Å². The first kappa shape index (κ1) is 18.8. The predicted molar refractivity (Wildman–Crippen MR) is 103 cm³/mol. The molecular formula is C17H24IN3O3. The summed E-state index contributed by atoms with van der Waals surface area (Å²) in [5.41, 5.74) is 6.77. The van der Waals surface area contributed by atoms with Gasteiger partial charge in [0.25, 0.3) is 0 Å². The summed E-state index contributed by atoms with van der Waals surface area (Å²) < 4.78 is 6.11. The molecule has 0 radical (unpaired) electrons. The van der Waals surface area contributed by atoms with E-state index < -0.39 is 12.1 Å². The van der Waals surface area contributed by atoms with Crippen molar-refractivity contribution in [1.82, 2.24) is 5.32 Å². The standard InChI is InChI=1S/C17H24IN3O3/c1-3-4-9-24-16(23)21-14(17(2)7-8-17)15(22)20-13-6-5-11(18)10-12(13)19/h5-6,10,14H,3-4,7-9,19H2,1-2H3,(H,20,22)(H,21,23)/t14-/m1/s1. The van der Waals surface area contributed by atoms with E-state index in [4.69, 9.17) is 10.5 Å². The van der Waals surface area contributed by atoms with Crippen molar-refractivity contribution in [1.29, 1.82) is 0 Å². The third-order valence-electron chi connectivity index (χ3n) is 4.26. The van der Waals surface area contributed by atoms with Crippen LogP contribution in [0.1, 0.15) is 39.5 Å². The van der Waals surface area contributed by atoms with Gasteiger partial charge in [-0.25, -0.2) is 4.79 Å². The Labute approximate surface area is 156 Å². The number of ether oxygens (including phenoxy) is 1. The van der Waals surface area contributed by atoms with Gasteiger partial charge >= 0.3 is 6.09 Å². The quantitative estimate of drug-likeness (QED) is 0.340. The molecule has 2 rings (SSSR count). The van der Waals surface area contributed by atoms with Gasteiger partial charge in [-0.3, -0.25) is 4.79 Å². The lowest BCUT2D eigenvalue weighted by Gasteiger charge is -2.24. The number of amides is 2. The fourth-order valence-electron chi connectivity index (χ4n) is 2.36. The lowest BCUT2D eigenvalue weighted by molar-refractivity contribution is -0.119. The second kappa shape index (κ2) is 8.04. The van der Waals surface area contributed by atoms with Gasteiger partial charge in [0.15, 0.2) is 0 Å². The molecule has 2 amide bonds. The average Bonchev–Trinajstić information content (AvgIpc) is 3.26. The second-order valence-corrected chi connectivity index (χ2v) is 7.69. The predicted octanol–water partition coefficient (Wildman–Crippen LogP) is 3.51. The summed E-state index contributed by atoms with van der Waals surface area (Å²) in [5, 5.41) is 5.53. The van der Waals surface area contributed by atoms with Crippen LogP contribution in [0.3, 0.4) is 0 Å². The first-order chi connectivity index (χ1) is 11.4. The minimum absolute atomic E-state index is 0.230. The molecule has 1 atom stereocenters. The van der Waals surface area contributed by atoms with Crippen LogP contribution in [0.15, 0.2) is 18.2 Å². The molecule has 1 saturated carbocycles. The number of halogens is 1. The van der Waals surface area contributed by atoms with E-state index in [0.29, 0.717) is 18.0 Å². The zero-order valence-electron chi connectivity index (χ0n) is 14.0. The van der Waals surface area contributed by atoms with Crippen molar-refractivity contribution >= 4 is 46.0 Å². The van der Waals surface area contributed by atoms with E-state index in [1.54, 1.807) is 12.1 Å². The molecule has 0 saturated heterocycles. The van der Waals surface area contributed by atoms with Crippen LogP contribution in [0.2, 0.25) is 0 Å². The molecule has 4 N–H and O–H groups in total. The number of carbonyl (C=O) groups is 2. The molecule has 1 aliphatic rings. The zero-order valence-corrected chi connectivity index (χ0v) is 16.2. The van der Waals surface area contributed by atoms with Crippen LogP contribution in [0, 0.1) is 8.99 Å². The number of nitrogens with one attached hydrogen (secondary N) is 2. The molecule has 0 heterocycles. The average molecular weight is 445 g/mol. The molecule has 0 spiro atoms. The summed E-state index contributed by atoms with van der Waals surface area (Å²) in [5.74, 6) is -0.268. The van der Waals surface area contributed by atoms with Crippen molar-refractivity contribution in [3.63, 3.8) is 0 Å². The van der Waals surface area contributed by atoms with Crippen LogP contribution in [-0.4, -0.2) is 24.6 Å². The van der Waals surface area contributed by atoms with Gasteiger partial charge in [-0.2, -0.15) is 0 Å². The van der Waals surface area contributed by atoms with Crippen LogP contribution in [0.5, 0.6) is 0 Å². The summed E-state index contributed by atoms with van der Waals surface area (Å²) in [6.45, 7) is 4.37. The molecule has 0 bridgehead atoms. The fraction of sp³-hybridized carbons (Fsp3) is 0.529. The van der Waals surface area contributed by atoms with Gasteiger partial charge in [0, 0.05) is 3.57 Å². The molecule has 0 aromatic heterocycles. The number of hydrogen-bond donors (Lipinski definition) is 3. The maximum atomic E-state index is 12.7. The second-order valence-electron chi connectivity index (χ2n) is 6.44. The lowest BCUT2D eigenvalue weighted by atomic mass is 9.98. The summed E-state index contributed by atoms with van der Waals surface area (Å²) >= 11 is 2.16. The van der Waals surface area contributed by atoms with Gasteiger partial charge in [-0.15, -0.1) is 0 Å². The SMILES string of the molecule is CCCCOC(=O)N[C@H](C(=O)Nc1ccc(I)cc1N)C1(C)CC1. The highest BCUT2D eigenvalue weighted by molar-refractivity contribution is 14.1. The normalized spacial score (nSPS) is 16.1. The Hall–Kier alpha value is -1.51. The van der Waals surface area contributed by atoms with E-state index in [9.17, 15) is 9.59 Å². The fourth-order valence-corrected chi connectivity index (χ4v) is 2.88. The number of alkyl carbamates (subject to hydrolysis) is 1. The van der Waals surface area contributed by atoms with Gasteiger partial charge in [0.05, 0.1) is 18.0 Å². The highest BCUT2D eigenvalue weighted by atomic mass is 127. The lowest BCUT2D eigenvalue weighted by Crippen LogP contribution is -2.49. The van der Waals surface area contributed by atoms with Gasteiger partial charge in [-0.05, 0) is 65.5 Å². The third kappa shape index (κ3) is 4.99. The summed E-state index contributed by atoms with van der Waals surface area (Å²) in [7, 11) is 0. The smallest absolute Gasteiger partial charge is 0.407 e. The van der Waals surface area contributed by atoms with Crippen LogP contribution in [-0.2, 0) is 9.53 Å². The topological polar surface area (TPSA) is 93.4 Å². The van der Waals surface area contributed by atoms with E-state index in [1.807, 2.05) is 19.9 Å². The maximum Gasteiger partial charge on any atom is 0.407 e. The number of hydrogen-bond acceptors (Lipinski definition) is 4. The van der Waals surface area contributed by atoms with Crippen molar-refractivity contribution in [2.45, 2.75) is 45.6 Å². The number of nitrogen functional groups attached to an aromatic ring is 1. The Balaban J connectivity index is 2.02. The first-order valence-corrected chi connectivity index (χ1v) is 9.23. The van der Waals surface area contributed by atoms with Crippen LogP contribution in [0.25, 0.3) is 0 Å². The minimum atomic E-state index is -0.634. The first-order valence-electron chi connectivity index (χ1n) is 8.15. The largest absolute Gasteiger partial charge is 0.450 e. The van der Waals surface area contributed by atoms with Gasteiger partial charge in [-0.1, -0.05) is 20.3 Å². The Morgan fingerprint density at radius 3 is 2.71 bits per heavy atom. The molecule has 6 nitrogen and oxygen atoms in total. The van der Waals surface area contributed by atoms with E-state index >= 15 is 0 Å². The Morgan fingerprint density at radius 2 is 2.12 bits per heavy atom. The molecule has 1 aromatic carbocycles. The minimum Gasteiger partial charge on any atom is -0.450 e. The molecule has 132 valence electrons. The summed E-state index contributed by atoms with van der Waals surface area (Å²) in [6, 6.07) is 4.79. The molecule has 7 heteroatoms. The van der Waals surface area contributed by atoms with Crippen LogP contribution < -0.4 is 16.4 Å². The van der Waals surface area contributed by atoms with E-state index in [2.05, 4.69) is 33.2 Å². The Bertz CT molecular complexity index is 617. The van der Waals surface area contributed by atoms with Crippen LogP contribution in [0.4, 0.5) is 16.2 Å². The van der Waals surface area contributed by atoms with E-state index in [1.165, 1.54) is 0 Å². The molecule has 1 fully saturated rings. The highest BCUT2D eigenvalue weighted by Gasteiger charge is 2.49. The van der Waals surface area contributed by atoms with E-state index in [0.717, 1.165) is 29.3 Å². The molecular weight excluding hydrogens is 421 g/mol. The number of nitrogens with two attached hydrogens (primary N) is 1. The number of anilines is 2. The van der Waals surface area contributed by atoms with E-state index in [-0.39, 0.29) is 11.3 Å². The van der Waals surface area contributed by atoms with Gasteiger partial charge < -0.3 is 21.1 Å². The third-order valence-corrected chi connectivity index (χ3v) is 4.93. The summed E-state index contributed by atoms with van der Waals surface area (Å²) in [6.07, 6.45) is 2.99. The number of benzene rings is 1. The molecule has 1 aliphatic carbocycles. The summed E-state index contributed by atoms with van der Waals surface area (Å²) in [4.78, 5) is 24.6. The molecule has 1 aromatic rings. The van der Waals surface area contributed by atoms with Gasteiger partial charge in [0.2, 0.25) is 5.91 Å². The maximum absolute atomic E-state index is 12.7.